The fraction of sp³-hybridized carbons (Fsp3) is 0.600. The van der Waals surface area contributed by atoms with Gasteiger partial charge in [-0.05, 0) is 42.6 Å². The minimum Gasteiger partial charge on any atom is -0.458 e. The van der Waals surface area contributed by atoms with Crippen LogP contribution < -0.4 is 0 Å². The maximum absolute atomic E-state index is 11.6. The first-order chi connectivity index (χ1) is 8.55. The molecule has 1 saturated heterocycles. The van der Waals surface area contributed by atoms with Gasteiger partial charge in [0.1, 0.15) is 12.4 Å². The molecule has 3 nitrogen and oxygen atoms in total. The Hall–Kier alpha value is -1.38. The molecule has 0 radical (unpaired) electrons. The van der Waals surface area contributed by atoms with Crippen LogP contribution in [-0.4, -0.2) is 18.4 Å². The van der Waals surface area contributed by atoms with Gasteiger partial charge >= 0.3 is 5.97 Å². The van der Waals surface area contributed by atoms with Crippen LogP contribution in [0.5, 0.6) is 0 Å². The van der Waals surface area contributed by atoms with E-state index in [0.717, 1.165) is 37.5 Å². The molecule has 0 unspecified atom stereocenters. The summed E-state index contributed by atoms with van der Waals surface area (Å²) in [5.41, 5.74) is 1.60. The van der Waals surface area contributed by atoms with E-state index in [9.17, 15) is 9.59 Å². The van der Waals surface area contributed by atoms with Crippen LogP contribution in [-0.2, 0) is 14.3 Å². The third kappa shape index (κ3) is 1.49. The van der Waals surface area contributed by atoms with E-state index in [1.165, 1.54) is 0 Å². The predicted octanol–water partition coefficient (Wildman–Crippen LogP) is 2.42. The summed E-state index contributed by atoms with van der Waals surface area (Å²) >= 11 is 0. The van der Waals surface area contributed by atoms with Crippen molar-refractivity contribution in [3.8, 4) is 0 Å². The second kappa shape index (κ2) is 3.81. The molecule has 3 rings (SSSR count). The number of ether oxygens (including phenoxy) is 1. The lowest BCUT2D eigenvalue weighted by atomic mass is 9.57. The van der Waals surface area contributed by atoms with Crippen molar-refractivity contribution in [2.45, 2.75) is 38.7 Å². The van der Waals surface area contributed by atoms with Gasteiger partial charge in [0.25, 0.3) is 0 Å². The first-order valence-corrected chi connectivity index (χ1v) is 6.60. The van der Waals surface area contributed by atoms with Crippen LogP contribution in [0.15, 0.2) is 23.8 Å². The Labute approximate surface area is 107 Å². The predicted molar refractivity (Wildman–Crippen MR) is 66.7 cm³/mol. The Bertz CT molecular complexity index is 462. The standard InChI is InChI=1S/C15H18O3/c1-9-11-6-12-10(8-16)4-3-5-15(12,2)7-13(11)18-14(9)17/h4,8,11-13H,1,3,5-7H2,2H3/t11-,12-,13-,15-/m1/s1. The zero-order chi connectivity index (χ0) is 12.9. The molecule has 3 aliphatic rings. The second-order valence-electron chi connectivity index (χ2n) is 6.08. The molecule has 96 valence electrons. The number of carbonyl (C=O) groups excluding carboxylic acids is 2. The van der Waals surface area contributed by atoms with Crippen LogP contribution in [0.3, 0.4) is 0 Å². The van der Waals surface area contributed by atoms with E-state index in [2.05, 4.69) is 19.6 Å². The van der Waals surface area contributed by atoms with Crippen LogP contribution in [0.25, 0.3) is 0 Å². The van der Waals surface area contributed by atoms with Gasteiger partial charge < -0.3 is 4.74 Å². The Morgan fingerprint density at radius 2 is 2.33 bits per heavy atom. The molecule has 0 aromatic heterocycles. The Balaban J connectivity index is 1.94. The van der Waals surface area contributed by atoms with E-state index in [-0.39, 0.29) is 29.3 Å². The van der Waals surface area contributed by atoms with Crippen molar-refractivity contribution in [2.75, 3.05) is 0 Å². The summed E-state index contributed by atoms with van der Waals surface area (Å²) in [6.45, 7) is 6.07. The highest BCUT2D eigenvalue weighted by atomic mass is 16.6. The molecule has 3 heteroatoms. The lowest BCUT2D eigenvalue weighted by molar-refractivity contribution is -0.142. The van der Waals surface area contributed by atoms with Crippen molar-refractivity contribution in [3.63, 3.8) is 0 Å². The number of hydrogen-bond donors (Lipinski definition) is 0. The molecule has 4 atom stereocenters. The molecule has 0 N–H and O–H groups in total. The number of allylic oxidation sites excluding steroid dienone is 2. The van der Waals surface area contributed by atoms with Gasteiger partial charge in [0.2, 0.25) is 0 Å². The van der Waals surface area contributed by atoms with Crippen LogP contribution in [0.1, 0.15) is 32.6 Å². The number of carbonyl (C=O) groups is 2. The minimum absolute atomic E-state index is 0.0164. The molecule has 0 bridgehead atoms. The normalized spacial score (nSPS) is 42.7. The van der Waals surface area contributed by atoms with Crippen LogP contribution >= 0.6 is 0 Å². The molecule has 18 heavy (non-hydrogen) atoms. The van der Waals surface area contributed by atoms with Gasteiger partial charge in [-0.1, -0.05) is 19.6 Å². The fourth-order valence-corrected chi connectivity index (χ4v) is 3.95. The topological polar surface area (TPSA) is 43.4 Å². The summed E-state index contributed by atoms with van der Waals surface area (Å²) in [6.07, 6.45) is 6.74. The molecular weight excluding hydrogens is 228 g/mol. The summed E-state index contributed by atoms with van der Waals surface area (Å²) < 4.78 is 5.41. The van der Waals surface area contributed by atoms with E-state index < -0.39 is 0 Å². The summed E-state index contributed by atoms with van der Waals surface area (Å²) in [4.78, 5) is 22.8. The minimum atomic E-state index is -0.246. The Morgan fingerprint density at radius 1 is 1.56 bits per heavy atom. The van der Waals surface area contributed by atoms with Crippen LogP contribution in [0.2, 0.25) is 0 Å². The molecule has 2 fully saturated rings. The van der Waals surface area contributed by atoms with Gasteiger partial charge in [-0.2, -0.15) is 0 Å². The van der Waals surface area contributed by atoms with Crippen molar-refractivity contribution in [2.24, 2.45) is 17.3 Å². The molecule has 1 saturated carbocycles. The average molecular weight is 246 g/mol. The zero-order valence-electron chi connectivity index (χ0n) is 10.6. The monoisotopic (exact) mass is 246 g/mol. The van der Waals surface area contributed by atoms with Crippen LogP contribution in [0, 0.1) is 17.3 Å². The largest absolute Gasteiger partial charge is 0.458 e. The van der Waals surface area contributed by atoms with E-state index in [4.69, 9.17) is 4.74 Å². The molecule has 1 heterocycles. The highest BCUT2D eigenvalue weighted by Gasteiger charge is 2.52. The number of hydrogen-bond acceptors (Lipinski definition) is 3. The quantitative estimate of drug-likeness (QED) is 0.405. The van der Waals surface area contributed by atoms with Crippen molar-refractivity contribution >= 4 is 12.3 Å². The van der Waals surface area contributed by atoms with Gasteiger partial charge in [0, 0.05) is 11.5 Å². The smallest absolute Gasteiger partial charge is 0.334 e. The van der Waals surface area contributed by atoms with E-state index in [0.29, 0.717) is 5.57 Å². The van der Waals surface area contributed by atoms with Crippen LogP contribution in [0.4, 0.5) is 0 Å². The second-order valence-corrected chi connectivity index (χ2v) is 6.08. The fourth-order valence-electron chi connectivity index (χ4n) is 3.95. The summed E-state index contributed by atoms with van der Waals surface area (Å²) in [5.74, 6) is 0.122. The van der Waals surface area contributed by atoms with Crippen molar-refractivity contribution in [3.05, 3.63) is 23.8 Å². The molecular formula is C15H18O3. The highest BCUT2D eigenvalue weighted by Crippen LogP contribution is 2.55. The average Bonchev–Trinajstić information content (AvgIpc) is 2.60. The maximum atomic E-state index is 11.6. The third-order valence-corrected chi connectivity index (χ3v) is 5.05. The van der Waals surface area contributed by atoms with Crippen molar-refractivity contribution < 1.29 is 14.3 Å². The zero-order valence-corrected chi connectivity index (χ0v) is 10.6. The SMILES string of the molecule is C=C1C(=O)O[C@@H]2C[C@@]3(C)CCC=C(C=O)[C@H]3C[C@H]12. The molecule has 0 amide bonds. The number of rotatable bonds is 1. The van der Waals surface area contributed by atoms with Gasteiger partial charge in [0.05, 0.1) is 0 Å². The molecule has 0 aromatic rings. The Kier molecular flexibility index (Phi) is 2.47. The lowest BCUT2D eigenvalue weighted by Gasteiger charge is -2.47. The van der Waals surface area contributed by atoms with Crippen molar-refractivity contribution in [1.82, 2.24) is 0 Å². The lowest BCUT2D eigenvalue weighted by Crippen LogP contribution is -2.43. The summed E-state index contributed by atoms with van der Waals surface area (Å²) in [5, 5.41) is 0. The summed E-state index contributed by atoms with van der Waals surface area (Å²) in [6, 6.07) is 0. The maximum Gasteiger partial charge on any atom is 0.334 e. The van der Waals surface area contributed by atoms with Gasteiger partial charge in [-0.15, -0.1) is 0 Å². The third-order valence-electron chi connectivity index (χ3n) is 5.05. The first-order valence-electron chi connectivity index (χ1n) is 6.60. The van der Waals surface area contributed by atoms with E-state index >= 15 is 0 Å². The van der Waals surface area contributed by atoms with Gasteiger partial charge in [-0.3, -0.25) is 4.79 Å². The van der Waals surface area contributed by atoms with E-state index in [1.807, 2.05) is 0 Å². The first kappa shape index (κ1) is 11.7. The molecule has 2 aliphatic carbocycles. The molecule has 0 spiro atoms. The van der Waals surface area contributed by atoms with Gasteiger partial charge in [-0.25, -0.2) is 4.79 Å². The number of esters is 1. The highest BCUT2D eigenvalue weighted by molar-refractivity contribution is 5.91. The number of fused-ring (bicyclic) bond motifs is 2. The van der Waals surface area contributed by atoms with E-state index in [1.54, 1.807) is 0 Å². The Morgan fingerprint density at radius 3 is 3.06 bits per heavy atom. The molecule has 1 aliphatic heterocycles. The number of aldehydes is 1. The van der Waals surface area contributed by atoms with Gasteiger partial charge in [0.15, 0.2) is 0 Å². The summed E-state index contributed by atoms with van der Waals surface area (Å²) in [7, 11) is 0. The molecule has 0 aromatic carbocycles. The van der Waals surface area contributed by atoms with Crippen molar-refractivity contribution in [1.29, 1.82) is 0 Å².